The van der Waals surface area contributed by atoms with E-state index < -0.39 is 0 Å². The predicted octanol–water partition coefficient (Wildman–Crippen LogP) is 0.876. The van der Waals surface area contributed by atoms with Crippen molar-refractivity contribution in [3.63, 3.8) is 0 Å². The molecular formula is C10H14FN3. The van der Waals surface area contributed by atoms with Crippen molar-refractivity contribution in [3.8, 4) is 0 Å². The Morgan fingerprint density at radius 1 is 1.64 bits per heavy atom. The Bertz CT molecular complexity index is 310. The molecule has 1 aromatic heterocycles. The average molecular weight is 195 g/mol. The fourth-order valence-electron chi connectivity index (χ4n) is 1.77. The highest BCUT2D eigenvalue weighted by molar-refractivity contribution is 5.42. The molecule has 0 aromatic carbocycles. The minimum absolute atomic E-state index is 0.226. The van der Waals surface area contributed by atoms with Crippen LogP contribution in [0.15, 0.2) is 18.3 Å². The topological polar surface area (TPSA) is 28.2 Å². The van der Waals surface area contributed by atoms with Crippen molar-refractivity contribution in [1.82, 2.24) is 10.3 Å². The Morgan fingerprint density at radius 3 is 3.07 bits per heavy atom. The molecule has 2 heterocycles. The molecule has 0 unspecified atom stereocenters. The number of rotatable bonds is 3. The van der Waals surface area contributed by atoms with Crippen molar-refractivity contribution < 1.29 is 4.39 Å². The summed E-state index contributed by atoms with van der Waals surface area (Å²) in [5.41, 5.74) is 0. The van der Waals surface area contributed by atoms with Crippen molar-refractivity contribution in [3.05, 3.63) is 24.1 Å². The Labute approximate surface area is 82.9 Å². The van der Waals surface area contributed by atoms with Gasteiger partial charge in [-0.15, -0.1) is 0 Å². The third-order valence-electron chi connectivity index (χ3n) is 2.49. The highest BCUT2D eigenvalue weighted by atomic mass is 19.1. The quantitative estimate of drug-likeness (QED) is 0.776. The normalized spacial score (nSPS) is 16.9. The molecule has 14 heavy (non-hydrogen) atoms. The van der Waals surface area contributed by atoms with Crippen molar-refractivity contribution in [1.29, 1.82) is 0 Å². The van der Waals surface area contributed by atoms with Gasteiger partial charge in [-0.3, -0.25) is 0 Å². The van der Waals surface area contributed by atoms with E-state index in [0.717, 1.165) is 19.6 Å². The maximum atomic E-state index is 13.3. The zero-order chi connectivity index (χ0) is 9.97. The molecule has 0 atom stereocenters. The Balaban J connectivity index is 1.96. The summed E-state index contributed by atoms with van der Waals surface area (Å²) in [4.78, 5) is 5.99. The van der Waals surface area contributed by atoms with Crippen LogP contribution in [-0.2, 0) is 0 Å². The smallest absolute Gasteiger partial charge is 0.165 e. The van der Waals surface area contributed by atoms with Gasteiger partial charge in [0.15, 0.2) is 11.6 Å². The van der Waals surface area contributed by atoms with E-state index in [-0.39, 0.29) is 5.82 Å². The summed E-state index contributed by atoms with van der Waals surface area (Å²) in [5, 5.41) is 3.12. The lowest BCUT2D eigenvalue weighted by Gasteiger charge is -2.40. The lowest BCUT2D eigenvalue weighted by molar-refractivity contribution is 0.389. The van der Waals surface area contributed by atoms with Gasteiger partial charge in [-0.25, -0.2) is 9.37 Å². The molecule has 1 aromatic rings. The highest BCUT2D eigenvalue weighted by Crippen LogP contribution is 2.24. The summed E-state index contributed by atoms with van der Waals surface area (Å²) in [5.74, 6) is 0.886. The summed E-state index contributed by atoms with van der Waals surface area (Å²) >= 11 is 0. The first kappa shape index (κ1) is 9.40. The second kappa shape index (κ2) is 3.92. The third-order valence-corrected chi connectivity index (χ3v) is 2.49. The van der Waals surface area contributed by atoms with Crippen molar-refractivity contribution in [2.24, 2.45) is 5.92 Å². The number of hydrogen-bond acceptors (Lipinski definition) is 3. The molecule has 0 aliphatic carbocycles. The zero-order valence-corrected chi connectivity index (χ0v) is 8.20. The van der Waals surface area contributed by atoms with Gasteiger partial charge in [-0.2, -0.15) is 0 Å². The summed E-state index contributed by atoms with van der Waals surface area (Å²) in [7, 11) is 1.93. The van der Waals surface area contributed by atoms with E-state index in [4.69, 9.17) is 0 Å². The van der Waals surface area contributed by atoms with E-state index in [2.05, 4.69) is 10.3 Å². The van der Waals surface area contributed by atoms with Crippen molar-refractivity contribution in [2.45, 2.75) is 0 Å². The van der Waals surface area contributed by atoms with Crippen LogP contribution < -0.4 is 10.2 Å². The predicted molar refractivity (Wildman–Crippen MR) is 53.8 cm³/mol. The first-order chi connectivity index (χ1) is 6.81. The van der Waals surface area contributed by atoms with Gasteiger partial charge in [0.2, 0.25) is 0 Å². The summed E-state index contributed by atoms with van der Waals surface area (Å²) in [6.07, 6.45) is 1.63. The molecular weight excluding hydrogens is 181 g/mol. The maximum Gasteiger partial charge on any atom is 0.165 e. The van der Waals surface area contributed by atoms with Crippen LogP contribution in [0.4, 0.5) is 10.2 Å². The first-order valence-electron chi connectivity index (χ1n) is 4.81. The number of aromatic nitrogens is 1. The molecule has 0 amide bonds. The SMILES string of the molecule is CNCC1CN(c2ncccc2F)C1. The molecule has 1 N–H and O–H groups in total. The van der Waals surface area contributed by atoms with Gasteiger partial charge in [-0.1, -0.05) is 0 Å². The van der Waals surface area contributed by atoms with Crippen LogP contribution in [0.2, 0.25) is 0 Å². The third kappa shape index (κ3) is 1.70. The van der Waals surface area contributed by atoms with E-state index in [0.29, 0.717) is 11.7 Å². The van der Waals surface area contributed by atoms with E-state index in [1.165, 1.54) is 6.07 Å². The first-order valence-corrected chi connectivity index (χ1v) is 4.81. The summed E-state index contributed by atoms with van der Waals surface area (Å²) < 4.78 is 13.3. The molecule has 3 nitrogen and oxygen atoms in total. The number of halogens is 1. The zero-order valence-electron chi connectivity index (χ0n) is 8.20. The van der Waals surface area contributed by atoms with E-state index in [1.807, 2.05) is 11.9 Å². The number of pyridine rings is 1. The van der Waals surface area contributed by atoms with Crippen LogP contribution in [-0.4, -0.2) is 31.7 Å². The van der Waals surface area contributed by atoms with Crippen molar-refractivity contribution >= 4 is 5.82 Å². The molecule has 76 valence electrons. The van der Waals surface area contributed by atoms with Gasteiger partial charge >= 0.3 is 0 Å². The molecule has 1 fully saturated rings. The fourth-order valence-corrected chi connectivity index (χ4v) is 1.77. The van der Waals surface area contributed by atoms with Crippen LogP contribution in [0.3, 0.4) is 0 Å². The molecule has 0 bridgehead atoms. The molecule has 0 radical (unpaired) electrons. The second-order valence-electron chi connectivity index (χ2n) is 3.64. The second-order valence-corrected chi connectivity index (χ2v) is 3.64. The molecule has 1 aliphatic rings. The molecule has 0 saturated carbocycles. The van der Waals surface area contributed by atoms with Crippen LogP contribution in [0.5, 0.6) is 0 Å². The van der Waals surface area contributed by atoms with Crippen LogP contribution in [0, 0.1) is 11.7 Å². The van der Waals surface area contributed by atoms with Gasteiger partial charge in [0, 0.05) is 31.7 Å². The van der Waals surface area contributed by atoms with Crippen LogP contribution in [0.1, 0.15) is 0 Å². The average Bonchev–Trinajstić information content (AvgIpc) is 2.12. The van der Waals surface area contributed by atoms with Gasteiger partial charge in [0.1, 0.15) is 0 Å². The Kier molecular flexibility index (Phi) is 2.63. The Morgan fingerprint density at radius 2 is 2.43 bits per heavy atom. The van der Waals surface area contributed by atoms with Gasteiger partial charge < -0.3 is 10.2 Å². The standard InChI is InChI=1S/C10H14FN3/c1-12-5-8-6-14(7-8)10-9(11)3-2-4-13-10/h2-4,8,12H,5-7H2,1H3. The number of nitrogens with zero attached hydrogens (tertiary/aromatic N) is 2. The lowest BCUT2D eigenvalue weighted by atomic mass is 10.0. The molecule has 1 aliphatic heterocycles. The van der Waals surface area contributed by atoms with Gasteiger partial charge in [0.25, 0.3) is 0 Å². The summed E-state index contributed by atoms with van der Waals surface area (Å²) in [6, 6.07) is 3.07. The number of hydrogen-bond donors (Lipinski definition) is 1. The molecule has 4 heteroatoms. The van der Waals surface area contributed by atoms with Crippen LogP contribution in [0.25, 0.3) is 0 Å². The number of nitrogens with one attached hydrogen (secondary N) is 1. The van der Waals surface area contributed by atoms with Gasteiger partial charge in [0.05, 0.1) is 0 Å². The minimum Gasteiger partial charge on any atom is -0.353 e. The molecule has 1 saturated heterocycles. The van der Waals surface area contributed by atoms with E-state index in [1.54, 1.807) is 12.3 Å². The molecule has 2 rings (SSSR count). The fraction of sp³-hybridized carbons (Fsp3) is 0.500. The highest BCUT2D eigenvalue weighted by Gasteiger charge is 2.28. The number of anilines is 1. The van der Waals surface area contributed by atoms with E-state index in [9.17, 15) is 4.39 Å². The van der Waals surface area contributed by atoms with Gasteiger partial charge in [-0.05, 0) is 19.2 Å². The monoisotopic (exact) mass is 195 g/mol. The maximum absolute atomic E-state index is 13.3. The molecule has 0 spiro atoms. The lowest BCUT2D eigenvalue weighted by Crippen LogP contribution is -2.51. The van der Waals surface area contributed by atoms with E-state index >= 15 is 0 Å². The largest absolute Gasteiger partial charge is 0.353 e. The van der Waals surface area contributed by atoms with Crippen LogP contribution >= 0.6 is 0 Å². The minimum atomic E-state index is -0.226. The Hall–Kier alpha value is -1.16. The van der Waals surface area contributed by atoms with Crippen molar-refractivity contribution in [2.75, 3.05) is 31.6 Å². The summed E-state index contributed by atoms with van der Waals surface area (Å²) in [6.45, 7) is 2.79.